The van der Waals surface area contributed by atoms with Crippen molar-refractivity contribution in [1.29, 1.82) is 0 Å². The number of aryl methyl sites for hydroxylation is 7. The summed E-state index contributed by atoms with van der Waals surface area (Å²) in [5.74, 6) is 4.36. The van der Waals surface area contributed by atoms with Crippen LogP contribution in [0.3, 0.4) is 0 Å². The molecular formula is C66H53Br4Ir4N13S-4. The molecule has 0 atom stereocenters. The summed E-state index contributed by atoms with van der Waals surface area (Å²) in [6.45, 7) is 13.5. The Balaban J connectivity index is 0.000000168. The van der Waals surface area contributed by atoms with E-state index in [1.165, 1.54) is 55.3 Å². The number of halogens is 4. The van der Waals surface area contributed by atoms with E-state index in [4.69, 9.17) is 0 Å². The summed E-state index contributed by atoms with van der Waals surface area (Å²) in [5.41, 5.74) is 15.0. The van der Waals surface area contributed by atoms with Gasteiger partial charge in [-0.05, 0) is 145 Å². The molecule has 0 bridgehead atoms. The molecule has 0 spiro atoms. The summed E-state index contributed by atoms with van der Waals surface area (Å²) in [5, 5.41) is 32.2. The molecule has 0 saturated heterocycles. The number of nitrogens with zero attached hydrogens (tertiary/aromatic N) is 13. The van der Waals surface area contributed by atoms with Crippen LogP contribution in [-0.4, -0.2) is 64.0 Å². The van der Waals surface area contributed by atoms with Crippen molar-refractivity contribution >= 4 is 95.2 Å². The number of para-hydroxylation sites is 1. The van der Waals surface area contributed by atoms with Crippen molar-refractivity contribution in [2.75, 3.05) is 0 Å². The fourth-order valence-corrected chi connectivity index (χ4v) is 12.7. The number of fused-ring (bicyclic) bond motifs is 4. The number of thiophene rings is 1. The van der Waals surface area contributed by atoms with Gasteiger partial charge in [-0.1, -0.05) is 129 Å². The molecule has 13 aromatic rings. The Morgan fingerprint density at radius 3 is 1.85 bits per heavy atom. The van der Waals surface area contributed by atoms with Crippen LogP contribution in [-0.2, 0) is 100 Å². The monoisotopic (exact) mass is 2150 g/mol. The van der Waals surface area contributed by atoms with Gasteiger partial charge in [-0.15, -0.1) is 122 Å². The van der Waals surface area contributed by atoms with Crippen LogP contribution in [0.25, 0.3) is 88.2 Å². The third-order valence-corrected chi connectivity index (χ3v) is 17.3. The summed E-state index contributed by atoms with van der Waals surface area (Å²) in [6, 6.07) is 60.4. The van der Waals surface area contributed by atoms with Crippen molar-refractivity contribution in [2.45, 2.75) is 67.3 Å². The van der Waals surface area contributed by atoms with Gasteiger partial charge < -0.3 is 18.7 Å². The molecule has 7 aromatic carbocycles. The van der Waals surface area contributed by atoms with E-state index in [-0.39, 0.29) is 80.4 Å². The predicted molar refractivity (Wildman–Crippen MR) is 349 cm³/mol. The first-order valence-corrected chi connectivity index (χ1v) is 31.0. The summed E-state index contributed by atoms with van der Waals surface area (Å²) < 4.78 is 13.6. The second-order valence-electron chi connectivity index (χ2n) is 20.2. The summed E-state index contributed by atoms with van der Waals surface area (Å²) >= 11 is 15.6. The van der Waals surface area contributed by atoms with E-state index in [9.17, 15) is 0 Å². The number of hydrogen-bond donors (Lipinski definition) is 0. The molecule has 22 heteroatoms. The summed E-state index contributed by atoms with van der Waals surface area (Å²) in [4.78, 5) is 8.99. The van der Waals surface area contributed by atoms with Crippen LogP contribution in [0.1, 0.15) is 52.2 Å². The first-order chi connectivity index (χ1) is 40.7. The zero-order valence-electron chi connectivity index (χ0n) is 48.3. The Morgan fingerprint density at radius 1 is 0.511 bits per heavy atom. The fourth-order valence-electron chi connectivity index (χ4n) is 10.3. The van der Waals surface area contributed by atoms with Gasteiger partial charge in [-0.3, -0.25) is 9.67 Å². The maximum atomic E-state index is 4.67. The minimum atomic E-state index is 0. The van der Waals surface area contributed by atoms with Crippen LogP contribution in [0.15, 0.2) is 164 Å². The quantitative estimate of drug-likeness (QED) is 0.143. The molecule has 0 amide bonds. The Hall–Kier alpha value is -5.01. The number of hydrogen-bond acceptors (Lipinski definition) is 10. The Bertz CT molecular complexity index is 4460. The van der Waals surface area contributed by atoms with E-state index >= 15 is 0 Å². The molecule has 4 radical (unpaired) electrons. The van der Waals surface area contributed by atoms with E-state index in [0.29, 0.717) is 14.2 Å². The van der Waals surface area contributed by atoms with Crippen molar-refractivity contribution in [2.24, 2.45) is 7.05 Å². The van der Waals surface area contributed by atoms with Gasteiger partial charge in [0.15, 0.2) is 9.47 Å². The standard InChI is InChI=1S/C23H17BrN3S.C16H14BrN4.C15H11BrN3.C12H11BrN3.4Ir/c1-13-10-14(2)21(15(3)11-13)27-22(25-23(24)26-27)16-8-9-20-18(12-16)17-6-4-5-7-19(17)28-20;1-10-5-4-6-11(2)14(10)21-15(19-20-16(21)17)13-8-7-12(3)18-9-13;1-19-14(17-18-15(19)16)13-9-5-8-12(10-13)11-6-3-2-4-7-11;13-10-5-3-4-9(8-10)12-15-14-11-6-1-2-7-16(11)12;;;;/h4-7,9-12H,1-3H3;4-7,9H,1-3H3;2-8,10H,1H3;3,5,8H,1-2,6-7H2;;;;/q4*-1;;;;. The molecule has 1 aliphatic rings. The second kappa shape index (κ2) is 31.8. The Kier molecular flexibility index (Phi) is 25.5. The molecule has 1 aliphatic heterocycles. The Labute approximate surface area is 603 Å². The van der Waals surface area contributed by atoms with E-state index in [2.05, 4.69) is 252 Å². The van der Waals surface area contributed by atoms with E-state index < -0.39 is 0 Å². The van der Waals surface area contributed by atoms with Crippen LogP contribution in [0, 0.1) is 65.8 Å². The molecule has 0 N–H and O–H groups in total. The van der Waals surface area contributed by atoms with Crippen LogP contribution in [0.5, 0.6) is 0 Å². The molecule has 0 aliphatic carbocycles. The van der Waals surface area contributed by atoms with Gasteiger partial charge in [-0.25, -0.2) is 0 Å². The van der Waals surface area contributed by atoms with Gasteiger partial charge in [0.05, 0.1) is 29.0 Å². The van der Waals surface area contributed by atoms with Crippen molar-refractivity contribution in [3.05, 3.63) is 228 Å². The third kappa shape index (κ3) is 15.8. The van der Waals surface area contributed by atoms with Crippen molar-refractivity contribution < 1.29 is 80.4 Å². The van der Waals surface area contributed by atoms with E-state index in [1.54, 1.807) is 17.5 Å². The van der Waals surface area contributed by atoms with E-state index in [1.807, 2.05) is 88.5 Å². The summed E-state index contributed by atoms with van der Waals surface area (Å²) in [6.07, 6.45) is 5.25. The Morgan fingerprint density at radius 2 is 1.16 bits per heavy atom. The average molecular weight is 2150 g/mol. The molecule has 14 rings (SSSR count). The number of aromatic nitrogens is 13. The second-order valence-corrected chi connectivity index (χ2v) is 24.4. The van der Waals surface area contributed by atoms with Crippen LogP contribution in [0.2, 0.25) is 0 Å². The first kappa shape index (κ1) is 70.4. The maximum Gasteiger partial charge on any atom is 0.208 e. The van der Waals surface area contributed by atoms with Gasteiger partial charge in [0.2, 0.25) is 4.73 Å². The van der Waals surface area contributed by atoms with Gasteiger partial charge in [0.25, 0.3) is 0 Å². The maximum absolute atomic E-state index is 4.67. The molecule has 0 saturated carbocycles. The number of pyridine rings is 1. The molecule has 0 unspecified atom stereocenters. The van der Waals surface area contributed by atoms with Gasteiger partial charge in [-0.2, -0.15) is 26.6 Å². The SMILES string of the molecule is Brc1cc[c-]c(-c2nnc3n2CCCC3)c1.Cc1c[c-]c(-c2nnc(Br)n2-c2c(C)cccc2C)cn1.Cc1cc(C)c(-n2nc(Br)nc2-c2[c-]cc3sc4ccccc4c3c2)c(C)c1.Cn1c(Br)nnc1-c1[c-]ccc(-c2ccccc2)c1.[Ir].[Ir].[Ir].[Ir]. The van der Waals surface area contributed by atoms with Crippen LogP contribution < -0.4 is 0 Å². The van der Waals surface area contributed by atoms with Crippen molar-refractivity contribution in [3.8, 4) is 68.1 Å². The third-order valence-electron chi connectivity index (χ3n) is 14.2. The molecule has 7 heterocycles. The topological polar surface area (TPSA) is 136 Å². The molecule has 0 fully saturated rings. The largest absolute Gasteiger partial charge is 0.357 e. The smallest absolute Gasteiger partial charge is 0.208 e. The zero-order chi connectivity index (χ0) is 58.6. The van der Waals surface area contributed by atoms with E-state index in [0.717, 1.165) is 103 Å². The van der Waals surface area contributed by atoms with Gasteiger partial charge >= 0.3 is 0 Å². The minimum absolute atomic E-state index is 0. The zero-order valence-corrected chi connectivity index (χ0v) is 65.0. The minimum Gasteiger partial charge on any atom is -0.357 e. The van der Waals surface area contributed by atoms with Gasteiger partial charge in [0, 0.05) is 111 Å². The predicted octanol–water partition coefficient (Wildman–Crippen LogP) is 17.2. The van der Waals surface area contributed by atoms with Crippen molar-refractivity contribution in [3.63, 3.8) is 0 Å². The normalized spacial score (nSPS) is 11.3. The molecule has 456 valence electrons. The van der Waals surface area contributed by atoms with Gasteiger partial charge in [0.1, 0.15) is 5.82 Å². The molecule has 6 aromatic heterocycles. The van der Waals surface area contributed by atoms with Crippen LogP contribution >= 0.6 is 75.1 Å². The molecule has 13 nitrogen and oxygen atoms in total. The van der Waals surface area contributed by atoms with Crippen molar-refractivity contribution in [1.82, 2.24) is 64.0 Å². The van der Waals surface area contributed by atoms with Crippen LogP contribution in [0.4, 0.5) is 0 Å². The number of rotatable bonds is 7. The molecule has 88 heavy (non-hydrogen) atoms. The average Bonchev–Trinajstić information content (AvgIpc) is 2.02. The number of benzene rings is 7. The fraction of sp³-hybridized carbons (Fsp3) is 0.167. The summed E-state index contributed by atoms with van der Waals surface area (Å²) in [7, 11) is 1.92. The molecular weight excluding hydrogens is 2100 g/mol. The first-order valence-electron chi connectivity index (χ1n) is 27.0.